The Kier molecular flexibility index (Phi) is 8.19. The summed E-state index contributed by atoms with van der Waals surface area (Å²) in [6.45, 7) is 10.2. The molecule has 0 aromatic heterocycles. The van der Waals surface area contributed by atoms with E-state index in [-0.39, 0.29) is 36.2 Å². The Hall–Kier alpha value is -3.23. The minimum Gasteiger partial charge on any atom is -1.00 e. The van der Waals surface area contributed by atoms with Gasteiger partial charge in [-0.3, -0.25) is 13.9 Å². The lowest BCUT2D eigenvalue weighted by Gasteiger charge is -2.55. The van der Waals surface area contributed by atoms with Crippen molar-refractivity contribution in [3.63, 3.8) is 0 Å². The van der Waals surface area contributed by atoms with Gasteiger partial charge in [-0.05, 0) is 53.0 Å². The van der Waals surface area contributed by atoms with Crippen molar-refractivity contribution in [2.24, 2.45) is 29.4 Å². The zero-order valence-electron chi connectivity index (χ0n) is 26.9. The molecular formula is C33H42ClN5O7S. The molecule has 12 nitrogen and oxygen atoms in total. The number of piperazine rings is 3. The van der Waals surface area contributed by atoms with Crippen molar-refractivity contribution < 1.29 is 54.4 Å². The average Bonchev–Trinajstić information content (AvgIpc) is 3.25. The highest BCUT2D eigenvalue weighted by Crippen LogP contribution is 2.56. The number of nitrogens with zero attached hydrogens (tertiary/aromatic N) is 4. The second-order valence-corrected chi connectivity index (χ2v) is 16.2. The molecule has 0 radical (unpaired) electrons. The van der Waals surface area contributed by atoms with Crippen LogP contribution in [0.4, 0.5) is 11.4 Å². The van der Waals surface area contributed by atoms with Crippen LogP contribution in [0.2, 0.25) is 0 Å². The number of carboxylic acid groups (broad SMARTS) is 1. The van der Waals surface area contributed by atoms with E-state index in [1.54, 1.807) is 13.0 Å². The number of amides is 1. The molecule has 5 atom stereocenters. The van der Waals surface area contributed by atoms with Gasteiger partial charge in [-0.25, -0.2) is 4.31 Å². The first-order valence-electron chi connectivity index (χ1n) is 16.2. The Morgan fingerprint density at radius 2 is 1.72 bits per heavy atom. The molecule has 4 aliphatic heterocycles. The largest absolute Gasteiger partial charge is 1.00 e. The Morgan fingerprint density at radius 3 is 2.32 bits per heavy atom. The van der Waals surface area contributed by atoms with Crippen LogP contribution >= 0.6 is 0 Å². The topological polar surface area (TPSA) is 161 Å². The van der Waals surface area contributed by atoms with E-state index >= 15 is 0 Å². The second-order valence-electron chi connectivity index (χ2n) is 14.3. The number of aliphatic carboxylic acids is 1. The van der Waals surface area contributed by atoms with Crippen molar-refractivity contribution in [2.45, 2.75) is 26.4 Å². The van der Waals surface area contributed by atoms with Gasteiger partial charge in [0.2, 0.25) is 0 Å². The van der Waals surface area contributed by atoms with E-state index in [0.29, 0.717) is 23.5 Å². The maximum absolute atomic E-state index is 14.1. The van der Waals surface area contributed by atoms with Crippen LogP contribution < -0.4 is 31.9 Å². The van der Waals surface area contributed by atoms with Gasteiger partial charge in [0, 0.05) is 30.7 Å². The summed E-state index contributed by atoms with van der Waals surface area (Å²) in [6.07, 6.45) is -0.149. The molecule has 254 valence electrons. The normalized spacial score (nSPS) is 32.6. The summed E-state index contributed by atoms with van der Waals surface area (Å²) in [4.78, 5) is 36.9. The third-order valence-corrected chi connectivity index (χ3v) is 13.8. The van der Waals surface area contributed by atoms with E-state index in [2.05, 4.69) is 6.07 Å². The fourth-order valence-corrected chi connectivity index (χ4v) is 10.7. The third kappa shape index (κ3) is 5.04. The van der Waals surface area contributed by atoms with Crippen LogP contribution in [-0.4, -0.2) is 112 Å². The highest BCUT2D eigenvalue weighted by molar-refractivity contribution is 7.94. The highest BCUT2D eigenvalue weighted by atomic mass is 35.5. The smallest absolute Gasteiger partial charge is 0.326 e. The highest BCUT2D eigenvalue weighted by Gasteiger charge is 2.60. The molecule has 1 unspecified atom stereocenters. The summed E-state index contributed by atoms with van der Waals surface area (Å²) in [5.41, 5.74) is 7.84. The van der Waals surface area contributed by atoms with Gasteiger partial charge in [-0.1, -0.05) is 25.1 Å². The van der Waals surface area contributed by atoms with Crippen LogP contribution in [0, 0.1) is 23.7 Å². The monoisotopic (exact) mass is 687 g/mol. The predicted octanol–water partition coefficient (Wildman–Crippen LogP) is -3.46. The molecule has 2 bridgehead atoms. The number of Topliss-reactive ketones (excluding diaryl/α,β-unsaturated/α-hetero) is 1. The van der Waals surface area contributed by atoms with Crippen LogP contribution in [0.1, 0.15) is 19.4 Å². The number of quaternary nitrogens is 2. The molecule has 2 aromatic rings. The number of carbonyl (C=O) groups is 3. The number of carbonyl (C=O) groups excluding carboxylic acids is 3. The first-order valence-corrected chi connectivity index (χ1v) is 17.6. The lowest BCUT2D eigenvalue weighted by Crippen LogP contribution is -3.00. The standard InChI is InChI=1S/C33H41N5O7S.ClH/c1-19-23(30(33(42)43)31-27(19)28(20(2)39)32(31)41)17-36-24-6-4-5-22-15-21(16-25(29(22)24)35(3)46(36,44)45)7-8-37-9-12-38(13-10-37,14-11-37)18-26(34)40;/h4-6,15-16,19-20,27-28,31,39H,7-14,17-18H2,1-3H3,(H-2,34,40,42,43);1H/t19-,20+,27+,28+,31?,37?,38?;/m0./s1. The number of fused-ring (bicyclic) bond motifs is 4. The molecule has 2 aliphatic carbocycles. The van der Waals surface area contributed by atoms with E-state index in [0.717, 1.165) is 77.5 Å². The summed E-state index contributed by atoms with van der Waals surface area (Å²) < 4.78 is 32.6. The van der Waals surface area contributed by atoms with E-state index in [1.807, 2.05) is 18.2 Å². The van der Waals surface area contributed by atoms with Crippen LogP contribution in [0.5, 0.6) is 0 Å². The number of nitrogens with two attached hydrogens (primary N) is 1. The first-order chi connectivity index (χ1) is 21.7. The van der Waals surface area contributed by atoms with Crippen LogP contribution in [0.15, 0.2) is 41.5 Å². The molecule has 0 spiro atoms. The maximum Gasteiger partial charge on any atom is 0.326 e. The third-order valence-electron chi connectivity index (χ3n) is 12.0. The average molecular weight is 688 g/mol. The van der Waals surface area contributed by atoms with Crippen LogP contribution in [0.3, 0.4) is 0 Å². The molecule has 4 fully saturated rings. The number of halogens is 1. The number of rotatable bonds is 9. The lowest BCUT2D eigenvalue weighted by molar-refractivity contribution is -1.08. The van der Waals surface area contributed by atoms with Crippen molar-refractivity contribution in [1.29, 1.82) is 0 Å². The summed E-state index contributed by atoms with van der Waals surface area (Å²) >= 11 is 0. The Labute approximate surface area is 281 Å². The van der Waals surface area contributed by atoms with E-state index in [1.165, 1.54) is 22.6 Å². The molecular weight excluding hydrogens is 646 g/mol. The second kappa shape index (κ2) is 11.4. The minimum atomic E-state index is -4.12. The summed E-state index contributed by atoms with van der Waals surface area (Å²) in [7, 11) is -2.60. The maximum atomic E-state index is 14.1. The minimum absolute atomic E-state index is 0. The molecule has 3 saturated heterocycles. The molecule has 14 heteroatoms. The molecule has 8 rings (SSSR count). The van der Waals surface area contributed by atoms with Crippen molar-refractivity contribution >= 4 is 50.0 Å². The molecule has 3 N–H and O–H groups in total. The van der Waals surface area contributed by atoms with Gasteiger partial charge in [0.15, 0.2) is 6.54 Å². The van der Waals surface area contributed by atoms with Gasteiger partial charge in [0.25, 0.3) is 5.91 Å². The van der Waals surface area contributed by atoms with Gasteiger partial charge in [0.05, 0.1) is 36.5 Å². The van der Waals surface area contributed by atoms with Gasteiger partial charge in [-0.2, -0.15) is 8.42 Å². The number of carboxylic acids is 1. The van der Waals surface area contributed by atoms with Crippen LogP contribution in [-0.2, 0) is 31.0 Å². The fraction of sp³-hybridized carbons (Fsp3) is 0.545. The lowest BCUT2D eigenvalue weighted by atomic mass is 9.59. The molecule has 6 aliphatic rings. The summed E-state index contributed by atoms with van der Waals surface area (Å²) in [5, 5.41) is 24.3. The summed E-state index contributed by atoms with van der Waals surface area (Å²) in [5.74, 6) is -4.45. The van der Waals surface area contributed by atoms with Crippen LogP contribution in [0.25, 0.3) is 10.8 Å². The number of primary amides is 1. The number of hydrogen-bond donors (Lipinski definition) is 2. The Bertz CT molecular complexity index is 1800. The van der Waals surface area contributed by atoms with Gasteiger partial charge >= 0.3 is 10.2 Å². The van der Waals surface area contributed by atoms with E-state index < -0.39 is 46.0 Å². The van der Waals surface area contributed by atoms with Crippen molar-refractivity contribution in [3.05, 3.63) is 47.0 Å². The Morgan fingerprint density at radius 1 is 1.09 bits per heavy atom. The molecule has 4 heterocycles. The number of hydrogen-bond acceptors (Lipinski definition) is 7. The molecule has 47 heavy (non-hydrogen) atoms. The van der Waals surface area contributed by atoms with Gasteiger partial charge in [-0.15, -0.1) is 0 Å². The van der Waals surface area contributed by atoms with Gasteiger partial charge in [0.1, 0.15) is 45.1 Å². The Balaban J connectivity index is 0.00000386. The quantitative estimate of drug-likeness (QED) is 0.259. The number of aliphatic hydroxyl groups is 1. The van der Waals surface area contributed by atoms with E-state index in [9.17, 15) is 33.0 Å². The SMILES string of the molecule is C[C@@H](O)[C@H]1C(=O)C2C(C(=O)[O-])=C(CN3c4cccc5cc(CC[N+]67CC[N+](CC(N)=O)(CC6)CC7)cc(c45)N(C)S3(=O)=O)[C@H](C)[C@@H]21.[Cl-]. The van der Waals surface area contributed by atoms with Gasteiger partial charge < -0.3 is 42.1 Å². The fourth-order valence-electron chi connectivity index (χ4n) is 9.31. The number of benzene rings is 2. The summed E-state index contributed by atoms with van der Waals surface area (Å²) in [6, 6.07) is 9.59. The number of anilines is 2. The number of aliphatic hydroxyl groups excluding tert-OH is 1. The molecule has 1 saturated carbocycles. The number of ketones is 1. The molecule has 2 aromatic carbocycles. The predicted molar refractivity (Wildman–Crippen MR) is 169 cm³/mol. The van der Waals surface area contributed by atoms with E-state index in [4.69, 9.17) is 5.73 Å². The zero-order valence-corrected chi connectivity index (χ0v) is 28.5. The molecule has 1 amide bonds. The zero-order chi connectivity index (χ0) is 32.9. The van der Waals surface area contributed by atoms with Crippen molar-refractivity contribution in [1.82, 2.24) is 0 Å². The first kappa shape index (κ1) is 33.7. The van der Waals surface area contributed by atoms with Crippen molar-refractivity contribution in [2.75, 3.05) is 74.6 Å². The van der Waals surface area contributed by atoms with Crippen molar-refractivity contribution in [3.8, 4) is 0 Å².